The summed E-state index contributed by atoms with van der Waals surface area (Å²) in [5, 5.41) is 0.495. The molecule has 0 aliphatic carbocycles. The van der Waals surface area contributed by atoms with Crippen LogP contribution in [0.25, 0.3) is 6.08 Å². The van der Waals surface area contributed by atoms with Gasteiger partial charge >= 0.3 is 7.12 Å². The third kappa shape index (κ3) is 3.02. The van der Waals surface area contributed by atoms with Crippen molar-refractivity contribution in [3.63, 3.8) is 0 Å². The van der Waals surface area contributed by atoms with E-state index in [1.807, 2.05) is 27.7 Å². The Morgan fingerprint density at radius 1 is 1.16 bits per heavy atom. The Kier molecular flexibility index (Phi) is 3.78. The zero-order chi connectivity index (χ0) is 14.3. The number of halogens is 2. The molecular formula is C14H17BClFO2. The molecule has 0 amide bonds. The van der Waals surface area contributed by atoms with Crippen LogP contribution in [0, 0.1) is 5.82 Å². The van der Waals surface area contributed by atoms with Gasteiger partial charge in [0.2, 0.25) is 0 Å². The van der Waals surface area contributed by atoms with Crippen molar-refractivity contribution in [2.45, 2.75) is 38.9 Å². The molecule has 1 aromatic carbocycles. The highest BCUT2D eigenvalue weighted by atomic mass is 35.5. The van der Waals surface area contributed by atoms with E-state index in [1.54, 1.807) is 18.1 Å². The van der Waals surface area contributed by atoms with Crippen molar-refractivity contribution < 1.29 is 13.7 Å². The molecule has 0 radical (unpaired) electrons. The zero-order valence-electron chi connectivity index (χ0n) is 11.5. The lowest BCUT2D eigenvalue weighted by Crippen LogP contribution is -2.41. The van der Waals surface area contributed by atoms with E-state index in [1.165, 1.54) is 12.1 Å². The molecule has 0 saturated carbocycles. The van der Waals surface area contributed by atoms with Crippen molar-refractivity contribution in [1.29, 1.82) is 0 Å². The third-order valence-electron chi connectivity index (χ3n) is 3.66. The van der Waals surface area contributed by atoms with Gasteiger partial charge in [0.05, 0.1) is 11.2 Å². The van der Waals surface area contributed by atoms with Gasteiger partial charge in [0.15, 0.2) is 0 Å². The summed E-state index contributed by atoms with van der Waals surface area (Å²) in [6.07, 6.45) is 1.63. The Morgan fingerprint density at radius 2 is 1.74 bits per heavy atom. The Balaban J connectivity index is 2.15. The Hall–Kier alpha value is -0.835. The molecule has 2 nitrogen and oxygen atoms in total. The van der Waals surface area contributed by atoms with Crippen molar-refractivity contribution in [3.05, 3.63) is 40.6 Å². The highest BCUT2D eigenvalue weighted by Gasteiger charge is 2.49. The van der Waals surface area contributed by atoms with Gasteiger partial charge in [-0.1, -0.05) is 23.7 Å². The van der Waals surface area contributed by atoms with E-state index in [9.17, 15) is 4.39 Å². The molecule has 1 fully saturated rings. The zero-order valence-corrected chi connectivity index (χ0v) is 12.3. The van der Waals surface area contributed by atoms with E-state index >= 15 is 0 Å². The maximum atomic E-state index is 13.6. The molecule has 0 unspecified atom stereocenters. The fourth-order valence-electron chi connectivity index (χ4n) is 1.79. The second-order valence-corrected chi connectivity index (χ2v) is 6.09. The van der Waals surface area contributed by atoms with E-state index in [0.717, 1.165) is 0 Å². The molecule has 1 aliphatic heterocycles. The van der Waals surface area contributed by atoms with Crippen molar-refractivity contribution in [2.24, 2.45) is 0 Å². The van der Waals surface area contributed by atoms with Crippen molar-refractivity contribution in [2.75, 3.05) is 0 Å². The van der Waals surface area contributed by atoms with Gasteiger partial charge in [0, 0.05) is 10.6 Å². The van der Waals surface area contributed by atoms with Crippen LogP contribution in [0.3, 0.4) is 0 Å². The summed E-state index contributed by atoms with van der Waals surface area (Å²) in [6, 6.07) is 4.42. The molecular weight excluding hydrogens is 265 g/mol. The molecule has 1 aliphatic rings. The lowest BCUT2D eigenvalue weighted by molar-refractivity contribution is 0.00578. The standard InChI is InChI=1S/C14H17BClFO2/c1-13(2)14(3,4)19-15(18-13)8-7-10-9-11(16)5-6-12(10)17/h5-9H,1-4H3/b8-7+. The van der Waals surface area contributed by atoms with Gasteiger partial charge in [0.1, 0.15) is 5.82 Å². The normalized spacial score (nSPS) is 21.3. The van der Waals surface area contributed by atoms with Gasteiger partial charge in [-0.2, -0.15) is 0 Å². The molecule has 0 atom stereocenters. The Labute approximate surface area is 118 Å². The van der Waals surface area contributed by atoms with Gasteiger partial charge in [-0.05, 0) is 45.9 Å². The summed E-state index contributed by atoms with van der Waals surface area (Å²) in [5.41, 5.74) is -0.369. The van der Waals surface area contributed by atoms with Crippen LogP contribution < -0.4 is 0 Å². The average Bonchev–Trinajstić information content (AvgIpc) is 2.49. The first-order chi connectivity index (χ1) is 8.71. The molecule has 2 rings (SSSR count). The molecule has 0 N–H and O–H groups in total. The van der Waals surface area contributed by atoms with Gasteiger partial charge in [-0.25, -0.2) is 4.39 Å². The topological polar surface area (TPSA) is 18.5 Å². The molecule has 102 valence electrons. The van der Waals surface area contributed by atoms with Crippen LogP contribution in [0.4, 0.5) is 4.39 Å². The summed E-state index contributed by atoms with van der Waals surface area (Å²) in [6.45, 7) is 7.89. The monoisotopic (exact) mass is 282 g/mol. The summed E-state index contributed by atoms with van der Waals surface area (Å²) in [5.74, 6) is 1.38. The first kappa shape index (κ1) is 14.6. The fourth-order valence-corrected chi connectivity index (χ4v) is 1.97. The van der Waals surface area contributed by atoms with Crippen molar-refractivity contribution in [1.82, 2.24) is 0 Å². The van der Waals surface area contributed by atoms with E-state index < -0.39 is 18.3 Å². The minimum atomic E-state index is -0.483. The fraction of sp³-hybridized carbons (Fsp3) is 0.429. The van der Waals surface area contributed by atoms with E-state index in [-0.39, 0.29) is 5.82 Å². The van der Waals surface area contributed by atoms with E-state index in [4.69, 9.17) is 20.9 Å². The number of hydrogen-bond donors (Lipinski definition) is 0. The SMILES string of the molecule is CC1(C)OB(/C=C/c2cc(Cl)ccc2F)OC1(C)C. The lowest BCUT2D eigenvalue weighted by atomic mass is 9.89. The average molecular weight is 283 g/mol. The largest absolute Gasteiger partial charge is 0.487 e. The first-order valence-corrected chi connectivity index (χ1v) is 6.58. The van der Waals surface area contributed by atoms with Crippen LogP contribution in [0.2, 0.25) is 5.02 Å². The summed E-state index contributed by atoms with van der Waals surface area (Å²) < 4.78 is 25.1. The number of hydrogen-bond acceptors (Lipinski definition) is 2. The molecule has 19 heavy (non-hydrogen) atoms. The highest BCUT2D eigenvalue weighted by Crippen LogP contribution is 2.37. The molecule has 1 aromatic rings. The predicted octanol–water partition coefficient (Wildman–Crippen LogP) is 4.12. The molecule has 0 spiro atoms. The quantitative estimate of drug-likeness (QED) is 0.760. The molecule has 0 bridgehead atoms. The minimum Gasteiger partial charge on any atom is -0.400 e. The van der Waals surface area contributed by atoms with Crippen LogP contribution in [-0.4, -0.2) is 18.3 Å². The Morgan fingerprint density at radius 3 is 2.32 bits per heavy atom. The van der Waals surface area contributed by atoms with Crippen LogP contribution in [-0.2, 0) is 9.31 Å². The van der Waals surface area contributed by atoms with Crippen molar-refractivity contribution >= 4 is 24.8 Å². The molecule has 1 saturated heterocycles. The highest BCUT2D eigenvalue weighted by molar-refractivity contribution is 6.52. The van der Waals surface area contributed by atoms with Crippen LogP contribution in [0.15, 0.2) is 24.2 Å². The van der Waals surface area contributed by atoms with Gasteiger partial charge in [-0.3, -0.25) is 0 Å². The second kappa shape index (κ2) is 4.93. The minimum absolute atomic E-state index is 0.322. The molecule has 0 aromatic heterocycles. The molecule has 5 heteroatoms. The Bertz CT molecular complexity index is 498. The first-order valence-electron chi connectivity index (χ1n) is 6.20. The second-order valence-electron chi connectivity index (χ2n) is 5.65. The van der Waals surface area contributed by atoms with E-state index in [0.29, 0.717) is 10.6 Å². The van der Waals surface area contributed by atoms with Gasteiger partial charge in [0.25, 0.3) is 0 Å². The summed E-state index contributed by atoms with van der Waals surface area (Å²) >= 11 is 5.84. The summed E-state index contributed by atoms with van der Waals surface area (Å²) in [4.78, 5) is 0. The van der Waals surface area contributed by atoms with Gasteiger partial charge < -0.3 is 9.31 Å². The number of rotatable bonds is 2. The molecule has 1 heterocycles. The third-order valence-corrected chi connectivity index (χ3v) is 3.90. The maximum absolute atomic E-state index is 13.6. The maximum Gasteiger partial charge on any atom is 0.487 e. The summed E-state index contributed by atoms with van der Waals surface area (Å²) in [7, 11) is -0.483. The van der Waals surface area contributed by atoms with Crippen LogP contribution in [0.1, 0.15) is 33.3 Å². The van der Waals surface area contributed by atoms with Gasteiger partial charge in [-0.15, -0.1) is 0 Å². The predicted molar refractivity (Wildman–Crippen MR) is 76.5 cm³/mol. The van der Waals surface area contributed by atoms with Crippen LogP contribution >= 0.6 is 11.6 Å². The lowest BCUT2D eigenvalue weighted by Gasteiger charge is -2.32. The number of benzene rings is 1. The van der Waals surface area contributed by atoms with Crippen molar-refractivity contribution in [3.8, 4) is 0 Å². The van der Waals surface area contributed by atoms with E-state index in [2.05, 4.69) is 0 Å². The van der Waals surface area contributed by atoms with Crippen LogP contribution in [0.5, 0.6) is 0 Å². The smallest absolute Gasteiger partial charge is 0.400 e.